The van der Waals surface area contributed by atoms with Crippen LogP contribution in [-0.4, -0.2) is 31.0 Å². The van der Waals surface area contributed by atoms with Crippen molar-refractivity contribution in [3.8, 4) is 0 Å². The molecule has 1 saturated heterocycles. The second-order valence-corrected chi connectivity index (χ2v) is 8.25. The van der Waals surface area contributed by atoms with Crippen molar-refractivity contribution in [2.75, 3.05) is 6.61 Å². The Labute approximate surface area is 196 Å². The fourth-order valence-corrected chi connectivity index (χ4v) is 4.06. The Bertz CT molecular complexity index is 945. The minimum absolute atomic E-state index is 0.136. The molecule has 0 aliphatic carbocycles. The summed E-state index contributed by atoms with van der Waals surface area (Å²) in [6.07, 6.45) is 1.65. The SMILES string of the molecule is C=CC[C@H]1OC[C@@H](OCc2ccccc2)[C@@H](OCc2ccccc2)[C@@H]1OCc1ccccc1. The summed E-state index contributed by atoms with van der Waals surface area (Å²) in [4.78, 5) is 0. The zero-order valence-corrected chi connectivity index (χ0v) is 18.9. The molecule has 0 radical (unpaired) electrons. The van der Waals surface area contributed by atoms with Crippen molar-refractivity contribution in [2.45, 2.75) is 50.7 Å². The Kier molecular flexibility index (Phi) is 8.84. The molecule has 4 atom stereocenters. The topological polar surface area (TPSA) is 36.9 Å². The summed E-state index contributed by atoms with van der Waals surface area (Å²) in [7, 11) is 0. The fourth-order valence-electron chi connectivity index (χ4n) is 4.06. The highest BCUT2D eigenvalue weighted by molar-refractivity contribution is 5.15. The predicted octanol–water partition coefficient (Wildman–Crippen LogP) is 5.72. The second-order valence-electron chi connectivity index (χ2n) is 8.25. The molecule has 0 spiro atoms. The van der Waals surface area contributed by atoms with Gasteiger partial charge in [0.15, 0.2) is 0 Å². The summed E-state index contributed by atoms with van der Waals surface area (Å²) in [6, 6.07) is 30.5. The molecule has 0 unspecified atom stereocenters. The zero-order valence-electron chi connectivity index (χ0n) is 18.9. The maximum Gasteiger partial charge on any atom is 0.115 e. The lowest BCUT2D eigenvalue weighted by atomic mass is 9.96. The largest absolute Gasteiger partial charge is 0.372 e. The number of hydrogen-bond donors (Lipinski definition) is 0. The van der Waals surface area contributed by atoms with Gasteiger partial charge < -0.3 is 18.9 Å². The average Bonchev–Trinajstić information content (AvgIpc) is 2.88. The lowest BCUT2D eigenvalue weighted by molar-refractivity contribution is -0.237. The third-order valence-corrected chi connectivity index (χ3v) is 5.81. The van der Waals surface area contributed by atoms with Crippen molar-refractivity contribution >= 4 is 0 Å². The molecule has 4 rings (SSSR count). The van der Waals surface area contributed by atoms with Gasteiger partial charge in [-0.1, -0.05) is 97.1 Å². The predicted molar refractivity (Wildman–Crippen MR) is 130 cm³/mol. The first-order chi connectivity index (χ1) is 16.3. The van der Waals surface area contributed by atoms with Gasteiger partial charge in [-0.15, -0.1) is 6.58 Å². The van der Waals surface area contributed by atoms with Crippen LogP contribution in [0.25, 0.3) is 0 Å². The van der Waals surface area contributed by atoms with E-state index >= 15 is 0 Å². The third-order valence-electron chi connectivity index (χ3n) is 5.81. The van der Waals surface area contributed by atoms with Crippen LogP contribution in [-0.2, 0) is 38.8 Å². The first-order valence-corrected chi connectivity index (χ1v) is 11.5. The first-order valence-electron chi connectivity index (χ1n) is 11.5. The third kappa shape index (κ3) is 6.86. The molecule has 0 amide bonds. The molecule has 33 heavy (non-hydrogen) atoms. The summed E-state index contributed by atoms with van der Waals surface area (Å²) in [5.74, 6) is 0. The molecule has 1 fully saturated rings. The van der Waals surface area contributed by atoms with Crippen molar-refractivity contribution in [3.05, 3.63) is 120 Å². The molecule has 1 aliphatic rings. The van der Waals surface area contributed by atoms with Crippen LogP contribution >= 0.6 is 0 Å². The van der Waals surface area contributed by atoms with Crippen LogP contribution in [0.3, 0.4) is 0 Å². The van der Waals surface area contributed by atoms with Gasteiger partial charge in [-0.3, -0.25) is 0 Å². The lowest BCUT2D eigenvalue weighted by Crippen LogP contribution is -2.55. The Morgan fingerprint density at radius 1 is 0.667 bits per heavy atom. The molecule has 172 valence electrons. The molecular weight excluding hydrogens is 412 g/mol. The quantitative estimate of drug-likeness (QED) is 0.355. The minimum Gasteiger partial charge on any atom is -0.372 e. The van der Waals surface area contributed by atoms with Crippen LogP contribution < -0.4 is 0 Å². The summed E-state index contributed by atoms with van der Waals surface area (Å²) >= 11 is 0. The van der Waals surface area contributed by atoms with Gasteiger partial charge in [-0.25, -0.2) is 0 Å². The summed E-state index contributed by atoms with van der Waals surface area (Å²) < 4.78 is 25.4. The monoisotopic (exact) mass is 444 g/mol. The van der Waals surface area contributed by atoms with Gasteiger partial charge in [-0.05, 0) is 23.1 Å². The molecule has 3 aromatic carbocycles. The van der Waals surface area contributed by atoms with E-state index in [1.807, 2.05) is 60.7 Å². The molecule has 1 aliphatic heterocycles. The van der Waals surface area contributed by atoms with Crippen molar-refractivity contribution in [3.63, 3.8) is 0 Å². The minimum atomic E-state index is -0.276. The van der Waals surface area contributed by atoms with Crippen molar-refractivity contribution in [1.29, 1.82) is 0 Å². The van der Waals surface area contributed by atoms with E-state index in [9.17, 15) is 0 Å². The summed E-state index contributed by atoms with van der Waals surface area (Å²) in [5.41, 5.74) is 3.35. The van der Waals surface area contributed by atoms with Gasteiger partial charge in [0.05, 0.1) is 32.5 Å². The molecular formula is C29H32O4. The Balaban J connectivity index is 1.51. The molecule has 0 N–H and O–H groups in total. The molecule has 1 heterocycles. The van der Waals surface area contributed by atoms with Gasteiger partial charge in [0, 0.05) is 0 Å². The van der Waals surface area contributed by atoms with E-state index < -0.39 is 0 Å². The van der Waals surface area contributed by atoms with Crippen molar-refractivity contribution in [1.82, 2.24) is 0 Å². The summed E-state index contributed by atoms with van der Waals surface area (Å²) in [6.45, 7) is 5.84. The van der Waals surface area contributed by atoms with Gasteiger partial charge in [0.1, 0.15) is 18.3 Å². The average molecular weight is 445 g/mol. The Hall–Kier alpha value is -2.76. The molecule has 0 aromatic heterocycles. The van der Waals surface area contributed by atoms with Crippen LogP contribution in [0.4, 0.5) is 0 Å². The highest BCUT2D eigenvalue weighted by atomic mass is 16.6. The fraction of sp³-hybridized carbons (Fsp3) is 0.310. The van der Waals surface area contributed by atoms with Crippen LogP contribution in [0.5, 0.6) is 0 Å². The van der Waals surface area contributed by atoms with Gasteiger partial charge >= 0.3 is 0 Å². The summed E-state index contributed by atoms with van der Waals surface area (Å²) in [5, 5.41) is 0. The maximum absolute atomic E-state index is 6.48. The number of hydrogen-bond acceptors (Lipinski definition) is 4. The number of ether oxygens (including phenoxy) is 4. The van der Waals surface area contributed by atoms with Crippen LogP contribution in [0.1, 0.15) is 23.1 Å². The number of rotatable bonds is 11. The lowest BCUT2D eigenvalue weighted by Gasteiger charge is -2.42. The van der Waals surface area contributed by atoms with Crippen molar-refractivity contribution in [2.24, 2.45) is 0 Å². The van der Waals surface area contributed by atoms with E-state index in [-0.39, 0.29) is 24.4 Å². The van der Waals surface area contributed by atoms with E-state index in [0.29, 0.717) is 32.8 Å². The molecule has 4 nitrogen and oxygen atoms in total. The smallest absolute Gasteiger partial charge is 0.115 e. The van der Waals surface area contributed by atoms with Gasteiger partial charge in [-0.2, -0.15) is 0 Å². The number of benzene rings is 3. The Morgan fingerprint density at radius 3 is 1.61 bits per heavy atom. The van der Waals surface area contributed by atoms with Gasteiger partial charge in [0.25, 0.3) is 0 Å². The highest BCUT2D eigenvalue weighted by Crippen LogP contribution is 2.28. The standard InChI is InChI=1S/C29H32O4/c1-2-12-26-28(32-20-24-15-8-4-9-16-24)29(33-21-25-17-10-5-11-18-25)27(22-31-26)30-19-23-13-6-3-7-14-23/h2-11,13-18,26-29H,1,12,19-22H2/t26-,27-,28-,29-/m1/s1. The van der Waals surface area contributed by atoms with Crippen LogP contribution in [0.2, 0.25) is 0 Å². The van der Waals surface area contributed by atoms with Crippen LogP contribution in [0.15, 0.2) is 104 Å². The van der Waals surface area contributed by atoms with E-state index in [1.165, 1.54) is 0 Å². The molecule has 3 aromatic rings. The van der Waals surface area contributed by atoms with E-state index in [2.05, 4.69) is 43.0 Å². The molecule has 4 heteroatoms. The molecule has 0 bridgehead atoms. The second kappa shape index (κ2) is 12.5. The normalized spacial score (nSPS) is 22.7. The Morgan fingerprint density at radius 2 is 1.12 bits per heavy atom. The maximum atomic E-state index is 6.48. The van der Waals surface area contributed by atoms with E-state index in [1.54, 1.807) is 0 Å². The van der Waals surface area contributed by atoms with Crippen molar-refractivity contribution < 1.29 is 18.9 Å². The van der Waals surface area contributed by atoms with Crippen LogP contribution in [0, 0.1) is 0 Å². The molecule has 0 saturated carbocycles. The van der Waals surface area contributed by atoms with E-state index in [4.69, 9.17) is 18.9 Å². The van der Waals surface area contributed by atoms with Gasteiger partial charge in [0.2, 0.25) is 0 Å². The van der Waals surface area contributed by atoms with E-state index in [0.717, 1.165) is 16.7 Å². The zero-order chi connectivity index (χ0) is 22.7. The highest BCUT2D eigenvalue weighted by Gasteiger charge is 2.42. The first kappa shape index (κ1) is 23.4.